The molecule has 0 spiro atoms. The number of hydrogen-bond acceptors (Lipinski definition) is 5. The van der Waals surface area contributed by atoms with Crippen LogP contribution in [0.5, 0.6) is 0 Å². The van der Waals surface area contributed by atoms with Crippen molar-refractivity contribution in [2.45, 2.75) is 20.3 Å². The van der Waals surface area contributed by atoms with E-state index < -0.39 is 5.92 Å². The van der Waals surface area contributed by atoms with E-state index in [1.807, 2.05) is 30.3 Å². The third kappa shape index (κ3) is 3.79. The Bertz CT molecular complexity index is 1130. The molecule has 1 atom stereocenters. The summed E-state index contributed by atoms with van der Waals surface area (Å²) in [6.45, 7) is 3.78. The number of rotatable bonds is 4. The molecule has 0 unspecified atom stereocenters. The van der Waals surface area contributed by atoms with Crippen LogP contribution in [0, 0.1) is 19.8 Å². The lowest BCUT2D eigenvalue weighted by Gasteiger charge is -2.16. The Balaban J connectivity index is 1.55. The predicted octanol–water partition coefficient (Wildman–Crippen LogP) is 1.56. The van der Waals surface area contributed by atoms with Gasteiger partial charge in [0, 0.05) is 36.5 Å². The van der Waals surface area contributed by atoms with Crippen molar-refractivity contribution in [2.24, 2.45) is 5.92 Å². The van der Waals surface area contributed by atoms with Crippen molar-refractivity contribution in [3.63, 3.8) is 0 Å². The van der Waals surface area contributed by atoms with Crippen LogP contribution in [-0.4, -0.2) is 38.1 Å². The Morgan fingerprint density at radius 3 is 2.62 bits per heavy atom. The molecule has 9 nitrogen and oxygen atoms in total. The van der Waals surface area contributed by atoms with Crippen LogP contribution >= 0.6 is 0 Å². The minimum Gasteiger partial charge on any atom is -0.312 e. The number of nitrogens with one attached hydrogen (secondary N) is 2. The molecule has 2 amide bonds. The van der Waals surface area contributed by atoms with Gasteiger partial charge >= 0.3 is 0 Å². The summed E-state index contributed by atoms with van der Waals surface area (Å²) >= 11 is 0. The topological polar surface area (TPSA) is 113 Å². The SMILES string of the molecule is Cc1cc(=O)[nH]c(-n2nc(C)cc2NC(=O)[C@@H]2CC(=O)N(c3ccccc3)C2)n1. The van der Waals surface area contributed by atoms with E-state index in [1.165, 1.54) is 10.7 Å². The molecule has 3 aromatic rings. The first kappa shape index (κ1) is 18.6. The molecule has 1 fully saturated rings. The maximum absolute atomic E-state index is 12.8. The molecule has 1 aromatic carbocycles. The van der Waals surface area contributed by atoms with Crippen LogP contribution in [0.4, 0.5) is 11.5 Å². The number of nitrogens with zero attached hydrogens (tertiary/aromatic N) is 4. The summed E-state index contributed by atoms with van der Waals surface area (Å²) in [6.07, 6.45) is 0.132. The fourth-order valence-electron chi connectivity index (χ4n) is 3.38. The Labute approximate surface area is 166 Å². The summed E-state index contributed by atoms with van der Waals surface area (Å²) in [7, 11) is 0. The van der Waals surface area contributed by atoms with E-state index >= 15 is 0 Å². The molecular formula is C20H20N6O3. The Morgan fingerprint density at radius 1 is 1.14 bits per heavy atom. The molecule has 2 aromatic heterocycles. The van der Waals surface area contributed by atoms with Gasteiger partial charge < -0.3 is 10.2 Å². The van der Waals surface area contributed by atoms with Crippen LogP contribution in [0.2, 0.25) is 0 Å². The maximum atomic E-state index is 12.8. The van der Waals surface area contributed by atoms with Crippen molar-refractivity contribution in [1.29, 1.82) is 0 Å². The fraction of sp³-hybridized carbons (Fsp3) is 0.250. The number of H-pyrrole nitrogens is 1. The van der Waals surface area contributed by atoms with E-state index in [4.69, 9.17) is 0 Å². The zero-order chi connectivity index (χ0) is 20.5. The van der Waals surface area contributed by atoms with Gasteiger partial charge in [-0.3, -0.25) is 19.4 Å². The number of hydrogen-bond donors (Lipinski definition) is 2. The molecule has 4 rings (SSSR count). The zero-order valence-corrected chi connectivity index (χ0v) is 16.0. The number of aromatic nitrogens is 4. The molecule has 1 saturated heterocycles. The van der Waals surface area contributed by atoms with E-state index in [2.05, 4.69) is 20.4 Å². The van der Waals surface area contributed by atoms with Gasteiger partial charge in [0.2, 0.25) is 17.8 Å². The van der Waals surface area contributed by atoms with Crippen LogP contribution in [0.1, 0.15) is 17.8 Å². The number of benzene rings is 1. The van der Waals surface area contributed by atoms with Gasteiger partial charge in [0.05, 0.1) is 11.6 Å². The van der Waals surface area contributed by atoms with Crippen molar-refractivity contribution in [3.8, 4) is 5.95 Å². The molecule has 0 saturated carbocycles. The Kier molecular flexibility index (Phi) is 4.71. The lowest BCUT2D eigenvalue weighted by Crippen LogP contribution is -2.28. The number of aromatic amines is 1. The second kappa shape index (κ2) is 7.34. The summed E-state index contributed by atoms with van der Waals surface area (Å²) in [5, 5.41) is 7.14. The molecule has 1 aliphatic rings. The first-order valence-corrected chi connectivity index (χ1v) is 9.22. The van der Waals surface area contributed by atoms with Crippen molar-refractivity contribution in [1.82, 2.24) is 19.7 Å². The van der Waals surface area contributed by atoms with Crippen molar-refractivity contribution >= 4 is 23.3 Å². The molecule has 29 heavy (non-hydrogen) atoms. The van der Waals surface area contributed by atoms with E-state index in [1.54, 1.807) is 24.8 Å². The number of carbonyl (C=O) groups is 2. The van der Waals surface area contributed by atoms with Gasteiger partial charge in [0.25, 0.3) is 5.56 Å². The highest BCUT2D eigenvalue weighted by Crippen LogP contribution is 2.26. The van der Waals surface area contributed by atoms with Gasteiger partial charge in [0.15, 0.2) is 0 Å². The van der Waals surface area contributed by atoms with Crippen LogP contribution in [0.3, 0.4) is 0 Å². The maximum Gasteiger partial charge on any atom is 0.252 e. The molecule has 0 bridgehead atoms. The van der Waals surface area contributed by atoms with Crippen LogP contribution in [0.15, 0.2) is 47.3 Å². The van der Waals surface area contributed by atoms with E-state index in [0.717, 1.165) is 5.69 Å². The van der Waals surface area contributed by atoms with Gasteiger partial charge in [-0.05, 0) is 26.0 Å². The predicted molar refractivity (Wildman–Crippen MR) is 107 cm³/mol. The van der Waals surface area contributed by atoms with Crippen LogP contribution in [0.25, 0.3) is 5.95 Å². The van der Waals surface area contributed by atoms with Crippen LogP contribution < -0.4 is 15.8 Å². The second-order valence-electron chi connectivity index (χ2n) is 7.02. The van der Waals surface area contributed by atoms with Gasteiger partial charge in [-0.1, -0.05) is 18.2 Å². The largest absolute Gasteiger partial charge is 0.312 e. The van der Waals surface area contributed by atoms with Crippen molar-refractivity contribution < 1.29 is 9.59 Å². The normalized spacial score (nSPS) is 16.3. The zero-order valence-electron chi connectivity index (χ0n) is 16.0. The monoisotopic (exact) mass is 392 g/mol. The number of aryl methyl sites for hydroxylation is 2. The fourth-order valence-corrected chi connectivity index (χ4v) is 3.38. The number of para-hydroxylation sites is 1. The number of amides is 2. The summed E-state index contributed by atoms with van der Waals surface area (Å²) in [4.78, 5) is 45.5. The van der Waals surface area contributed by atoms with Gasteiger partial charge in [-0.15, -0.1) is 0 Å². The van der Waals surface area contributed by atoms with E-state index in [-0.39, 0.29) is 29.7 Å². The Morgan fingerprint density at radius 2 is 1.90 bits per heavy atom. The third-order valence-electron chi connectivity index (χ3n) is 4.70. The summed E-state index contributed by atoms with van der Waals surface area (Å²) < 4.78 is 1.38. The highest BCUT2D eigenvalue weighted by atomic mass is 16.2. The van der Waals surface area contributed by atoms with Crippen molar-refractivity contribution in [2.75, 3.05) is 16.8 Å². The molecule has 0 radical (unpaired) electrons. The molecule has 2 N–H and O–H groups in total. The lowest BCUT2D eigenvalue weighted by atomic mass is 10.1. The lowest BCUT2D eigenvalue weighted by molar-refractivity contribution is -0.122. The molecule has 3 heterocycles. The minimum atomic E-state index is -0.490. The average Bonchev–Trinajstić information content (AvgIpc) is 3.24. The first-order chi connectivity index (χ1) is 13.9. The quantitative estimate of drug-likeness (QED) is 0.700. The van der Waals surface area contributed by atoms with Gasteiger partial charge in [-0.2, -0.15) is 9.78 Å². The molecular weight excluding hydrogens is 372 g/mol. The number of anilines is 2. The highest BCUT2D eigenvalue weighted by molar-refractivity contribution is 6.03. The Hall–Kier alpha value is -3.75. The standard InChI is InChI=1S/C20H20N6O3/c1-12-9-17(27)23-20(21-12)26-16(8-13(2)24-26)22-19(29)14-10-18(28)25(11-14)15-6-4-3-5-7-15/h3-9,14H,10-11H2,1-2H3,(H,22,29)(H,21,23,27)/t14-/m1/s1. The summed E-state index contributed by atoms with van der Waals surface area (Å²) in [5.74, 6) is -0.270. The summed E-state index contributed by atoms with van der Waals surface area (Å²) in [6, 6.07) is 12.3. The second-order valence-corrected chi connectivity index (χ2v) is 7.02. The van der Waals surface area contributed by atoms with Crippen LogP contribution in [-0.2, 0) is 9.59 Å². The first-order valence-electron chi connectivity index (χ1n) is 9.22. The van der Waals surface area contributed by atoms with Gasteiger partial charge in [0.1, 0.15) is 5.82 Å². The third-order valence-corrected chi connectivity index (χ3v) is 4.70. The number of carbonyl (C=O) groups excluding carboxylic acids is 2. The average molecular weight is 392 g/mol. The molecule has 0 aliphatic carbocycles. The smallest absolute Gasteiger partial charge is 0.252 e. The molecule has 9 heteroatoms. The molecule has 148 valence electrons. The van der Waals surface area contributed by atoms with Crippen molar-refractivity contribution in [3.05, 3.63) is 64.2 Å². The van der Waals surface area contributed by atoms with E-state index in [9.17, 15) is 14.4 Å². The van der Waals surface area contributed by atoms with E-state index in [0.29, 0.717) is 23.8 Å². The highest BCUT2D eigenvalue weighted by Gasteiger charge is 2.35. The summed E-state index contributed by atoms with van der Waals surface area (Å²) in [5.41, 5.74) is 1.65. The van der Waals surface area contributed by atoms with Gasteiger partial charge in [-0.25, -0.2) is 4.98 Å². The minimum absolute atomic E-state index is 0.0919. The molecule has 1 aliphatic heterocycles.